The van der Waals surface area contributed by atoms with Gasteiger partial charge >= 0.3 is 0 Å². The third-order valence-electron chi connectivity index (χ3n) is 10.1. The van der Waals surface area contributed by atoms with Crippen molar-refractivity contribution >= 4 is 17.1 Å². The first-order valence-electron chi connectivity index (χ1n) is 15.4. The normalized spacial score (nSPS) is 17.2. The third kappa shape index (κ3) is 4.05. The molecule has 2 aliphatic rings. The minimum atomic E-state index is -0.0877. The van der Waals surface area contributed by atoms with Crippen molar-refractivity contribution in [1.82, 2.24) is 0 Å². The van der Waals surface area contributed by atoms with Crippen LogP contribution in [0.25, 0.3) is 22.3 Å². The van der Waals surface area contributed by atoms with Gasteiger partial charge in [0.25, 0.3) is 0 Å². The highest BCUT2D eigenvalue weighted by molar-refractivity contribution is 5.95. The van der Waals surface area contributed by atoms with Crippen molar-refractivity contribution in [3.63, 3.8) is 0 Å². The van der Waals surface area contributed by atoms with E-state index in [4.69, 9.17) is 0 Å². The summed E-state index contributed by atoms with van der Waals surface area (Å²) in [7, 11) is 0. The molecule has 0 fully saturated rings. The maximum atomic E-state index is 2.52. The molecule has 210 valence electrons. The van der Waals surface area contributed by atoms with E-state index in [1.807, 2.05) is 0 Å². The first kappa shape index (κ1) is 26.8. The lowest BCUT2D eigenvalue weighted by Gasteiger charge is -2.43. The van der Waals surface area contributed by atoms with Crippen LogP contribution in [-0.4, -0.2) is 0 Å². The van der Waals surface area contributed by atoms with Gasteiger partial charge in [0, 0.05) is 22.4 Å². The summed E-state index contributed by atoms with van der Waals surface area (Å²) in [6, 6.07) is 42.8. The highest BCUT2D eigenvalue weighted by Crippen LogP contribution is 2.56. The Kier molecular flexibility index (Phi) is 6.03. The summed E-state index contributed by atoms with van der Waals surface area (Å²) in [5.41, 5.74) is 14.9. The fourth-order valence-electron chi connectivity index (χ4n) is 7.67. The molecule has 42 heavy (non-hydrogen) atoms. The molecule has 5 aromatic carbocycles. The Morgan fingerprint density at radius 3 is 1.67 bits per heavy atom. The van der Waals surface area contributed by atoms with Crippen LogP contribution in [-0.2, 0) is 16.2 Å². The van der Waals surface area contributed by atoms with Gasteiger partial charge in [0.05, 0.1) is 5.69 Å². The average molecular weight is 548 g/mol. The Hall–Kier alpha value is -4.10. The van der Waals surface area contributed by atoms with E-state index in [2.05, 4.69) is 162 Å². The number of hydrogen-bond acceptors (Lipinski definition) is 1. The molecule has 0 saturated carbocycles. The predicted octanol–water partition coefficient (Wildman–Crippen LogP) is 11.5. The summed E-state index contributed by atoms with van der Waals surface area (Å²) in [5.74, 6) is 0. The van der Waals surface area contributed by atoms with Crippen LogP contribution >= 0.6 is 0 Å². The number of hydrogen-bond donors (Lipinski definition) is 0. The molecule has 0 unspecified atom stereocenters. The second kappa shape index (κ2) is 9.46. The van der Waals surface area contributed by atoms with Crippen molar-refractivity contribution in [3.8, 4) is 22.3 Å². The van der Waals surface area contributed by atoms with Crippen LogP contribution in [0.2, 0.25) is 0 Å². The van der Waals surface area contributed by atoms with Crippen LogP contribution in [0.5, 0.6) is 0 Å². The molecule has 0 spiro atoms. The first-order chi connectivity index (χ1) is 20.1. The summed E-state index contributed by atoms with van der Waals surface area (Å²) in [6.45, 7) is 14.5. The minimum absolute atomic E-state index is 0.0826. The molecule has 0 bridgehead atoms. The molecule has 0 saturated heterocycles. The van der Waals surface area contributed by atoms with Gasteiger partial charge in [-0.15, -0.1) is 0 Å². The number of anilines is 3. The first-order valence-corrected chi connectivity index (χ1v) is 15.4. The standard InChI is InChI=1S/C41H41N/c1-39(2)24-25-40(3,4)38-31(21-15-23-35(38)39)33-26-32-30-20-13-14-22-34(30)41(5,6)36(32)27-37(33)42(28-16-9-7-10-17-28)29-18-11-8-12-19-29/h7-23,26-27H,24-25H2,1-6H3. The maximum absolute atomic E-state index is 2.52. The number of nitrogens with zero attached hydrogens (tertiary/aromatic N) is 1. The van der Waals surface area contributed by atoms with Crippen molar-refractivity contribution in [2.75, 3.05) is 4.90 Å². The molecule has 0 atom stereocenters. The second-order valence-corrected chi connectivity index (χ2v) is 14.1. The lowest BCUT2D eigenvalue weighted by molar-refractivity contribution is 0.333. The molecule has 1 heteroatoms. The van der Waals surface area contributed by atoms with Crippen LogP contribution < -0.4 is 4.90 Å². The van der Waals surface area contributed by atoms with Gasteiger partial charge < -0.3 is 4.90 Å². The summed E-state index contributed by atoms with van der Waals surface area (Å²) in [5, 5.41) is 0. The Balaban J connectivity index is 1.61. The van der Waals surface area contributed by atoms with Gasteiger partial charge in [-0.25, -0.2) is 0 Å². The zero-order chi connectivity index (χ0) is 29.3. The SMILES string of the molecule is CC1(C)CCC(C)(C)c2c(-c3cc4c(cc3N(c3ccccc3)c3ccccc3)C(C)(C)c3ccccc3-4)cccc21. The number of benzene rings is 5. The van der Waals surface area contributed by atoms with Crippen LogP contribution in [0.4, 0.5) is 17.1 Å². The van der Waals surface area contributed by atoms with Crippen LogP contribution in [0, 0.1) is 0 Å². The molecule has 5 aromatic rings. The van der Waals surface area contributed by atoms with Crippen LogP contribution in [0.15, 0.2) is 115 Å². The summed E-state index contributed by atoms with van der Waals surface area (Å²) < 4.78 is 0. The van der Waals surface area contributed by atoms with E-state index in [9.17, 15) is 0 Å². The van der Waals surface area contributed by atoms with E-state index in [0.29, 0.717) is 0 Å². The van der Waals surface area contributed by atoms with Gasteiger partial charge in [0.15, 0.2) is 0 Å². The van der Waals surface area contributed by atoms with Gasteiger partial charge in [0.1, 0.15) is 0 Å². The Bertz CT molecular complexity index is 1750. The van der Waals surface area contributed by atoms with E-state index in [1.54, 1.807) is 0 Å². The fourth-order valence-corrected chi connectivity index (χ4v) is 7.67. The molecular weight excluding hydrogens is 506 g/mol. The van der Waals surface area contributed by atoms with Gasteiger partial charge in [0.2, 0.25) is 0 Å². The number of rotatable bonds is 4. The molecule has 0 radical (unpaired) electrons. The molecule has 7 rings (SSSR count). The molecule has 0 aliphatic heterocycles. The zero-order valence-corrected chi connectivity index (χ0v) is 25.8. The Labute approximate surface area is 251 Å². The van der Waals surface area contributed by atoms with Gasteiger partial charge in [-0.05, 0) is 99.0 Å². The smallest absolute Gasteiger partial charge is 0.0543 e. The van der Waals surface area contributed by atoms with Crippen molar-refractivity contribution < 1.29 is 0 Å². The molecular formula is C41H41N. The lowest BCUT2D eigenvalue weighted by Crippen LogP contribution is -2.34. The third-order valence-corrected chi connectivity index (χ3v) is 10.1. The van der Waals surface area contributed by atoms with E-state index in [1.165, 1.54) is 74.4 Å². The maximum Gasteiger partial charge on any atom is 0.0543 e. The molecule has 1 nitrogen and oxygen atoms in total. The largest absolute Gasteiger partial charge is 0.310 e. The highest BCUT2D eigenvalue weighted by atomic mass is 15.1. The van der Waals surface area contributed by atoms with E-state index >= 15 is 0 Å². The monoisotopic (exact) mass is 547 g/mol. The lowest BCUT2D eigenvalue weighted by atomic mass is 9.61. The topological polar surface area (TPSA) is 3.24 Å². The van der Waals surface area contributed by atoms with Gasteiger partial charge in [-0.3, -0.25) is 0 Å². The number of para-hydroxylation sites is 2. The Morgan fingerprint density at radius 1 is 0.452 bits per heavy atom. The quantitative estimate of drug-likeness (QED) is 0.216. The van der Waals surface area contributed by atoms with Crippen LogP contribution in [0.1, 0.15) is 76.6 Å². The minimum Gasteiger partial charge on any atom is -0.310 e. The summed E-state index contributed by atoms with van der Waals surface area (Å²) >= 11 is 0. The van der Waals surface area contributed by atoms with E-state index in [0.717, 1.165) is 0 Å². The molecule has 0 aromatic heterocycles. The molecule has 0 heterocycles. The van der Waals surface area contributed by atoms with Gasteiger partial charge in [-0.2, -0.15) is 0 Å². The van der Waals surface area contributed by atoms with Gasteiger partial charge in [-0.1, -0.05) is 120 Å². The Morgan fingerprint density at radius 2 is 1.00 bits per heavy atom. The van der Waals surface area contributed by atoms with Crippen LogP contribution in [0.3, 0.4) is 0 Å². The molecule has 0 amide bonds. The van der Waals surface area contributed by atoms with Crippen molar-refractivity contribution in [3.05, 3.63) is 138 Å². The summed E-state index contributed by atoms with van der Waals surface area (Å²) in [6.07, 6.45) is 2.39. The van der Waals surface area contributed by atoms with Crippen molar-refractivity contribution in [1.29, 1.82) is 0 Å². The van der Waals surface area contributed by atoms with E-state index < -0.39 is 0 Å². The zero-order valence-electron chi connectivity index (χ0n) is 25.8. The summed E-state index contributed by atoms with van der Waals surface area (Å²) in [4.78, 5) is 2.47. The van der Waals surface area contributed by atoms with Crippen molar-refractivity contribution in [2.45, 2.75) is 70.6 Å². The molecule has 0 N–H and O–H groups in total. The fraction of sp³-hybridized carbons (Fsp3) is 0.268. The van der Waals surface area contributed by atoms with Crippen molar-refractivity contribution in [2.24, 2.45) is 0 Å². The predicted molar refractivity (Wildman–Crippen MR) is 179 cm³/mol. The molecule has 2 aliphatic carbocycles. The second-order valence-electron chi connectivity index (χ2n) is 14.1. The van der Waals surface area contributed by atoms with E-state index in [-0.39, 0.29) is 16.2 Å². The average Bonchev–Trinajstić information content (AvgIpc) is 3.22. The number of fused-ring (bicyclic) bond motifs is 4. The highest BCUT2D eigenvalue weighted by Gasteiger charge is 2.41.